The zero-order valence-corrected chi connectivity index (χ0v) is 13.9. The number of aromatic amines is 1. The van der Waals surface area contributed by atoms with Crippen LogP contribution in [0.1, 0.15) is 44.1 Å². The van der Waals surface area contributed by atoms with Crippen LogP contribution in [0.15, 0.2) is 36.5 Å². The smallest absolute Gasteiger partial charge is 0.225 e. The lowest BCUT2D eigenvalue weighted by atomic mass is 9.95. The molecule has 0 atom stereocenters. The molecule has 4 nitrogen and oxygen atoms in total. The van der Waals surface area contributed by atoms with Crippen LogP contribution in [0.4, 0.5) is 0 Å². The summed E-state index contributed by atoms with van der Waals surface area (Å²) < 4.78 is 0. The van der Waals surface area contributed by atoms with E-state index >= 15 is 0 Å². The third kappa shape index (κ3) is 2.86. The van der Waals surface area contributed by atoms with Crippen molar-refractivity contribution in [2.75, 3.05) is 13.1 Å². The van der Waals surface area contributed by atoms with Gasteiger partial charge in [-0.15, -0.1) is 0 Å². The SMILES string of the molecule is O=C(CC1(O)CCCC1)N1CC=C(c2c[nH]c3ccccc23)CC1. The molecule has 1 amide bonds. The molecule has 1 aromatic heterocycles. The van der Waals surface area contributed by atoms with Gasteiger partial charge in [0.25, 0.3) is 0 Å². The number of H-pyrrole nitrogens is 1. The van der Waals surface area contributed by atoms with Gasteiger partial charge in [0, 0.05) is 35.8 Å². The molecule has 2 aliphatic rings. The fraction of sp³-hybridized carbons (Fsp3) is 0.450. The molecule has 0 saturated heterocycles. The second kappa shape index (κ2) is 6.10. The molecular weight excluding hydrogens is 300 g/mol. The number of nitrogens with zero attached hydrogens (tertiary/aromatic N) is 1. The van der Waals surface area contributed by atoms with Crippen LogP contribution in [0.2, 0.25) is 0 Å². The Bertz CT molecular complexity index is 784. The maximum absolute atomic E-state index is 12.5. The molecule has 126 valence electrons. The van der Waals surface area contributed by atoms with Crippen LogP contribution in [-0.2, 0) is 4.79 Å². The summed E-state index contributed by atoms with van der Waals surface area (Å²) in [6, 6.07) is 8.31. The summed E-state index contributed by atoms with van der Waals surface area (Å²) in [6.45, 7) is 1.38. The molecule has 0 radical (unpaired) electrons. The van der Waals surface area contributed by atoms with Crippen LogP contribution in [0.25, 0.3) is 16.5 Å². The molecule has 1 aromatic carbocycles. The van der Waals surface area contributed by atoms with E-state index in [0.717, 1.165) is 44.2 Å². The average Bonchev–Trinajstić information content (AvgIpc) is 3.21. The standard InChI is InChI=1S/C20H24N2O2/c23-19(13-20(24)9-3-4-10-20)22-11-7-15(8-12-22)17-14-21-18-6-2-1-5-16(17)18/h1-2,5-7,14,21,24H,3-4,8-13H2. The van der Waals surface area contributed by atoms with Crippen molar-refractivity contribution in [3.63, 3.8) is 0 Å². The number of carbonyl (C=O) groups excluding carboxylic acids is 1. The Labute approximate surface area is 142 Å². The average molecular weight is 324 g/mol. The Morgan fingerprint density at radius 3 is 2.79 bits per heavy atom. The van der Waals surface area contributed by atoms with Gasteiger partial charge < -0.3 is 15.0 Å². The summed E-state index contributed by atoms with van der Waals surface area (Å²) in [4.78, 5) is 17.7. The molecule has 4 rings (SSSR count). The first kappa shape index (κ1) is 15.5. The van der Waals surface area contributed by atoms with E-state index in [1.807, 2.05) is 11.0 Å². The summed E-state index contributed by atoms with van der Waals surface area (Å²) in [5, 5.41) is 11.7. The summed E-state index contributed by atoms with van der Waals surface area (Å²) in [5.41, 5.74) is 2.94. The second-order valence-corrected chi connectivity index (χ2v) is 7.18. The summed E-state index contributed by atoms with van der Waals surface area (Å²) in [6.07, 6.45) is 8.98. The van der Waals surface area contributed by atoms with E-state index in [1.165, 1.54) is 16.5 Å². The van der Waals surface area contributed by atoms with Crippen LogP contribution >= 0.6 is 0 Å². The zero-order chi connectivity index (χ0) is 16.6. The quantitative estimate of drug-likeness (QED) is 0.908. The van der Waals surface area contributed by atoms with Gasteiger partial charge in [-0.05, 0) is 30.9 Å². The number of hydrogen-bond donors (Lipinski definition) is 2. The normalized spacial score (nSPS) is 20.4. The lowest BCUT2D eigenvalue weighted by Crippen LogP contribution is -2.40. The van der Waals surface area contributed by atoms with Crippen LogP contribution < -0.4 is 0 Å². The van der Waals surface area contributed by atoms with Gasteiger partial charge in [-0.3, -0.25) is 4.79 Å². The lowest BCUT2D eigenvalue weighted by molar-refractivity contribution is -0.135. The number of aromatic nitrogens is 1. The van der Waals surface area contributed by atoms with E-state index in [4.69, 9.17) is 0 Å². The number of amides is 1. The van der Waals surface area contributed by atoms with Gasteiger partial charge in [0.1, 0.15) is 0 Å². The minimum absolute atomic E-state index is 0.0913. The van der Waals surface area contributed by atoms with Crippen LogP contribution in [-0.4, -0.2) is 39.6 Å². The van der Waals surface area contributed by atoms with Crippen molar-refractivity contribution in [1.82, 2.24) is 9.88 Å². The zero-order valence-electron chi connectivity index (χ0n) is 13.9. The highest BCUT2D eigenvalue weighted by atomic mass is 16.3. The molecule has 4 heteroatoms. The predicted octanol–water partition coefficient (Wildman–Crippen LogP) is 3.48. The number of carbonyl (C=O) groups is 1. The van der Waals surface area contributed by atoms with Crippen LogP contribution in [0.5, 0.6) is 0 Å². The third-order valence-electron chi connectivity index (χ3n) is 5.51. The fourth-order valence-corrected chi connectivity index (χ4v) is 4.08. The summed E-state index contributed by atoms with van der Waals surface area (Å²) in [5.74, 6) is 0.0913. The van der Waals surface area contributed by atoms with E-state index in [9.17, 15) is 9.90 Å². The second-order valence-electron chi connectivity index (χ2n) is 7.18. The highest BCUT2D eigenvalue weighted by Gasteiger charge is 2.35. The molecule has 1 fully saturated rings. The van der Waals surface area contributed by atoms with Crippen molar-refractivity contribution in [2.45, 2.75) is 44.1 Å². The molecule has 2 N–H and O–H groups in total. The topological polar surface area (TPSA) is 56.3 Å². The first-order valence-electron chi connectivity index (χ1n) is 8.90. The molecule has 2 aromatic rings. The number of rotatable bonds is 3. The van der Waals surface area contributed by atoms with E-state index in [-0.39, 0.29) is 12.3 Å². The van der Waals surface area contributed by atoms with Gasteiger partial charge in [-0.25, -0.2) is 0 Å². The van der Waals surface area contributed by atoms with E-state index < -0.39 is 5.60 Å². The van der Waals surface area contributed by atoms with Crippen LogP contribution in [0, 0.1) is 0 Å². The van der Waals surface area contributed by atoms with Crippen LogP contribution in [0.3, 0.4) is 0 Å². The van der Waals surface area contributed by atoms with Crippen molar-refractivity contribution in [3.8, 4) is 0 Å². The van der Waals surface area contributed by atoms with E-state index in [1.54, 1.807) is 0 Å². The van der Waals surface area contributed by atoms with E-state index in [0.29, 0.717) is 6.54 Å². The molecule has 1 aliphatic carbocycles. The number of hydrogen-bond acceptors (Lipinski definition) is 2. The van der Waals surface area contributed by atoms with E-state index in [2.05, 4.69) is 35.5 Å². The Morgan fingerprint density at radius 2 is 2.04 bits per heavy atom. The molecular formula is C20H24N2O2. The first-order valence-corrected chi connectivity index (χ1v) is 8.90. The number of benzene rings is 1. The molecule has 2 heterocycles. The Hall–Kier alpha value is -2.07. The third-order valence-corrected chi connectivity index (χ3v) is 5.51. The van der Waals surface area contributed by atoms with Gasteiger partial charge in [0.15, 0.2) is 0 Å². The highest BCUT2D eigenvalue weighted by molar-refractivity contribution is 5.93. The van der Waals surface area contributed by atoms with Crippen molar-refractivity contribution in [1.29, 1.82) is 0 Å². The fourth-order valence-electron chi connectivity index (χ4n) is 4.08. The summed E-state index contributed by atoms with van der Waals surface area (Å²) in [7, 11) is 0. The van der Waals surface area contributed by atoms with Crippen molar-refractivity contribution in [2.24, 2.45) is 0 Å². The van der Waals surface area contributed by atoms with Gasteiger partial charge in [-0.2, -0.15) is 0 Å². The van der Waals surface area contributed by atoms with Gasteiger partial charge in [0.05, 0.1) is 12.0 Å². The molecule has 0 unspecified atom stereocenters. The maximum atomic E-state index is 12.5. The minimum Gasteiger partial charge on any atom is -0.389 e. The molecule has 1 saturated carbocycles. The first-order chi connectivity index (χ1) is 11.6. The van der Waals surface area contributed by atoms with Gasteiger partial charge in [0.2, 0.25) is 5.91 Å². The summed E-state index contributed by atoms with van der Waals surface area (Å²) >= 11 is 0. The molecule has 0 bridgehead atoms. The van der Waals surface area contributed by atoms with Gasteiger partial charge in [-0.1, -0.05) is 37.1 Å². The number of fused-ring (bicyclic) bond motifs is 1. The van der Waals surface area contributed by atoms with Crippen molar-refractivity contribution >= 4 is 22.4 Å². The Morgan fingerprint density at radius 1 is 1.25 bits per heavy atom. The number of nitrogens with one attached hydrogen (secondary N) is 1. The minimum atomic E-state index is -0.752. The van der Waals surface area contributed by atoms with Crippen molar-refractivity contribution < 1.29 is 9.90 Å². The Kier molecular flexibility index (Phi) is 3.93. The molecule has 1 aliphatic heterocycles. The van der Waals surface area contributed by atoms with Gasteiger partial charge >= 0.3 is 0 Å². The predicted molar refractivity (Wildman–Crippen MR) is 95.5 cm³/mol. The van der Waals surface area contributed by atoms with Crippen molar-refractivity contribution in [3.05, 3.63) is 42.1 Å². The lowest BCUT2D eigenvalue weighted by Gasteiger charge is -2.30. The molecule has 24 heavy (non-hydrogen) atoms. The maximum Gasteiger partial charge on any atom is 0.225 e. The largest absolute Gasteiger partial charge is 0.389 e. The number of para-hydroxylation sites is 1. The highest BCUT2D eigenvalue weighted by Crippen LogP contribution is 2.34. The Balaban J connectivity index is 1.46. The number of aliphatic hydroxyl groups is 1. The molecule has 0 spiro atoms. The monoisotopic (exact) mass is 324 g/mol.